The van der Waals surface area contributed by atoms with E-state index in [2.05, 4.69) is 21.2 Å². The number of anilines is 1. The van der Waals surface area contributed by atoms with Crippen molar-refractivity contribution >= 4 is 43.5 Å². The van der Waals surface area contributed by atoms with E-state index in [1.165, 1.54) is 24.1 Å². The maximum atomic E-state index is 14.1. The van der Waals surface area contributed by atoms with Gasteiger partial charge < -0.3 is 19.7 Å². The van der Waals surface area contributed by atoms with E-state index in [4.69, 9.17) is 9.47 Å². The molecule has 0 spiro atoms. The Morgan fingerprint density at radius 2 is 1.67 bits per heavy atom. The fourth-order valence-corrected chi connectivity index (χ4v) is 6.32. The fourth-order valence-electron chi connectivity index (χ4n) is 4.19. The van der Waals surface area contributed by atoms with Gasteiger partial charge >= 0.3 is 0 Å². The van der Waals surface area contributed by atoms with Crippen molar-refractivity contribution in [2.24, 2.45) is 0 Å². The third-order valence-electron chi connectivity index (χ3n) is 6.97. The Kier molecular flexibility index (Phi) is 11.4. The molecule has 1 N–H and O–H groups in total. The number of rotatable bonds is 13. The van der Waals surface area contributed by atoms with Crippen LogP contribution in [0.1, 0.15) is 38.3 Å². The molecule has 0 radical (unpaired) electrons. The number of hydrogen-bond acceptors (Lipinski definition) is 6. The third kappa shape index (κ3) is 8.04. The van der Waals surface area contributed by atoms with Gasteiger partial charge in [0, 0.05) is 12.6 Å². The highest BCUT2D eigenvalue weighted by Gasteiger charge is 2.33. The van der Waals surface area contributed by atoms with Crippen LogP contribution < -0.4 is 19.1 Å². The second-order valence-electron chi connectivity index (χ2n) is 10.0. The monoisotopic (exact) mass is 659 g/mol. The number of nitrogens with one attached hydrogen (secondary N) is 1. The largest absolute Gasteiger partial charge is 0.497 e. The van der Waals surface area contributed by atoms with Crippen LogP contribution in [0.4, 0.5) is 5.69 Å². The number of nitrogens with zero attached hydrogens (tertiary/aromatic N) is 2. The molecule has 226 valence electrons. The molecule has 3 aromatic rings. The van der Waals surface area contributed by atoms with Crippen molar-refractivity contribution < 1.29 is 27.5 Å². The lowest BCUT2D eigenvalue weighted by molar-refractivity contribution is -0.139. The Bertz CT molecular complexity index is 1500. The Labute approximate surface area is 257 Å². The van der Waals surface area contributed by atoms with E-state index in [0.29, 0.717) is 21.7 Å². The topological polar surface area (TPSA) is 105 Å². The van der Waals surface area contributed by atoms with E-state index >= 15 is 0 Å². The predicted molar refractivity (Wildman–Crippen MR) is 167 cm³/mol. The molecule has 3 aromatic carbocycles. The van der Waals surface area contributed by atoms with E-state index in [-0.39, 0.29) is 23.4 Å². The number of halogens is 1. The summed E-state index contributed by atoms with van der Waals surface area (Å²) in [5.74, 6) is 0.203. The van der Waals surface area contributed by atoms with Gasteiger partial charge in [0.15, 0.2) is 0 Å². The first kappa shape index (κ1) is 32.9. The molecule has 0 aliphatic rings. The van der Waals surface area contributed by atoms with Crippen LogP contribution in [-0.2, 0) is 26.2 Å². The first-order valence-electron chi connectivity index (χ1n) is 13.6. The molecule has 2 amide bonds. The van der Waals surface area contributed by atoms with Gasteiger partial charge in [-0.2, -0.15) is 0 Å². The van der Waals surface area contributed by atoms with Crippen molar-refractivity contribution in [2.45, 2.75) is 57.6 Å². The van der Waals surface area contributed by atoms with Gasteiger partial charge in [0.1, 0.15) is 24.1 Å². The van der Waals surface area contributed by atoms with Crippen molar-refractivity contribution in [1.29, 1.82) is 0 Å². The summed E-state index contributed by atoms with van der Waals surface area (Å²) in [6.07, 6.45) is 0.721. The maximum Gasteiger partial charge on any atom is 0.264 e. The zero-order chi connectivity index (χ0) is 31.0. The molecule has 0 unspecified atom stereocenters. The molecule has 0 aliphatic carbocycles. The quantitative estimate of drug-likeness (QED) is 0.267. The van der Waals surface area contributed by atoms with E-state index in [1.807, 2.05) is 26.8 Å². The van der Waals surface area contributed by atoms with Crippen molar-refractivity contribution in [3.05, 3.63) is 82.3 Å². The zero-order valence-electron chi connectivity index (χ0n) is 24.8. The van der Waals surface area contributed by atoms with Crippen molar-refractivity contribution in [3.8, 4) is 11.5 Å². The van der Waals surface area contributed by atoms with Gasteiger partial charge in [-0.1, -0.05) is 36.8 Å². The molecular weight excluding hydrogens is 622 g/mol. The highest BCUT2D eigenvalue weighted by Crippen LogP contribution is 2.31. The Morgan fingerprint density at radius 3 is 2.26 bits per heavy atom. The summed E-state index contributed by atoms with van der Waals surface area (Å²) in [6.45, 7) is 6.91. The molecule has 0 heterocycles. The van der Waals surface area contributed by atoms with Crippen LogP contribution in [0.2, 0.25) is 0 Å². The van der Waals surface area contributed by atoms with Crippen LogP contribution in [0, 0.1) is 6.92 Å². The summed E-state index contributed by atoms with van der Waals surface area (Å²) >= 11 is 3.36. The zero-order valence-corrected chi connectivity index (χ0v) is 27.2. The molecular formula is C31H38BrN3O6S. The van der Waals surface area contributed by atoms with Crippen LogP contribution in [0.5, 0.6) is 11.5 Å². The second kappa shape index (κ2) is 14.6. The highest BCUT2D eigenvalue weighted by molar-refractivity contribution is 9.10. The maximum absolute atomic E-state index is 14.1. The first-order chi connectivity index (χ1) is 19.9. The molecule has 0 aliphatic heterocycles. The number of carbonyl (C=O) groups is 2. The van der Waals surface area contributed by atoms with Crippen LogP contribution in [-0.4, -0.2) is 58.0 Å². The van der Waals surface area contributed by atoms with Gasteiger partial charge in [-0.05, 0) is 91.1 Å². The Balaban J connectivity index is 2.05. The summed E-state index contributed by atoms with van der Waals surface area (Å²) in [5, 5.41) is 2.93. The number of ether oxygens (including phenoxy) is 2. The molecule has 0 aromatic heterocycles. The minimum absolute atomic E-state index is 0.0227. The summed E-state index contributed by atoms with van der Waals surface area (Å²) in [6, 6.07) is 17.5. The molecule has 11 heteroatoms. The molecule has 3 rings (SSSR count). The SMILES string of the molecule is CC[C@H](C)NC(=O)[C@H](C)N(Cc1cccc(OC)c1)C(=O)CN(c1ccc(C)cc1)S(=O)(=O)c1ccc(OC)c(Br)c1. The number of amides is 2. The van der Waals surface area contributed by atoms with E-state index < -0.39 is 28.5 Å². The number of aryl methyl sites for hydroxylation is 1. The predicted octanol–water partition coefficient (Wildman–Crippen LogP) is 5.30. The average Bonchev–Trinajstić information content (AvgIpc) is 2.98. The Hall–Kier alpha value is -3.57. The number of carbonyl (C=O) groups excluding carboxylic acids is 2. The van der Waals surface area contributed by atoms with E-state index in [1.54, 1.807) is 62.6 Å². The van der Waals surface area contributed by atoms with Gasteiger partial charge in [-0.15, -0.1) is 0 Å². The molecule has 9 nitrogen and oxygen atoms in total. The molecule has 2 atom stereocenters. The minimum atomic E-state index is -4.22. The first-order valence-corrected chi connectivity index (χ1v) is 15.8. The van der Waals surface area contributed by atoms with Gasteiger partial charge in [0.05, 0.1) is 29.3 Å². The van der Waals surface area contributed by atoms with Crippen molar-refractivity contribution in [2.75, 3.05) is 25.1 Å². The lowest BCUT2D eigenvalue weighted by atomic mass is 10.1. The number of hydrogen-bond donors (Lipinski definition) is 1. The van der Waals surface area contributed by atoms with Crippen LogP contribution in [0.3, 0.4) is 0 Å². The molecule has 0 saturated heterocycles. The normalized spacial score (nSPS) is 12.6. The van der Waals surface area contributed by atoms with E-state index in [9.17, 15) is 18.0 Å². The van der Waals surface area contributed by atoms with Crippen LogP contribution in [0.15, 0.2) is 76.1 Å². The third-order valence-corrected chi connectivity index (χ3v) is 9.36. The lowest BCUT2D eigenvalue weighted by Crippen LogP contribution is -2.52. The van der Waals surface area contributed by atoms with Gasteiger partial charge in [-0.25, -0.2) is 8.42 Å². The second-order valence-corrected chi connectivity index (χ2v) is 12.7. The highest BCUT2D eigenvalue weighted by atomic mass is 79.9. The lowest BCUT2D eigenvalue weighted by Gasteiger charge is -2.32. The fraction of sp³-hybridized carbons (Fsp3) is 0.355. The molecule has 0 saturated carbocycles. The number of methoxy groups -OCH3 is 2. The standard InChI is InChI=1S/C31H38BrN3O6S/c1-7-22(3)33-31(37)23(4)34(19-24-9-8-10-26(17-24)40-5)30(36)20-35(25-13-11-21(2)12-14-25)42(38,39)27-15-16-29(41-6)28(32)18-27/h8-18,22-23H,7,19-20H2,1-6H3,(H,33,37)/t22-,23-/m0/s1. The summed E-state index contributed by atoms with van der Waals surface area (Å²) < 4.78 is 40.2. The summed E-state index contributed by atoms with van der Waals surface area (Å²) in [5.41, 5.74) is 1.98. The van der Waals surface area contributed by atoms with Gasteiger partial charge in [0.25, 0.3) is 10.0 Å². The van der Waals surface area contributed by atoms with Crippen molar-refractivity contribution in [1.82, 2.24) is 10.2 Å². The van der Waals surface area contributed by atoms with Crippen LogP contribution in [0.25, 0.3) is 0 Å². The molecule has 0 fully saturated rings. The number of benzene rings is 3. The Morgan fingerprint density at radius 1 is 0.976 bits per heavy atom. The van der Waals surface area contributed by atoms with Gasteiger partial charge in [-0.3, -0.25) is 13.9 Å². The summed E-state index contributed by atoms with van der Waals surface area (Å²) in [7, 11) is -1.18. The minimum Gasteiger partial charge on any atom is -0.497 e. The van der Waals surface area contributed by atoms with E-state index in [0.717, 1.165) is 21.9 Å². The van der Waals surface area contributed by atoms with Crippen LogP contribution >= 0.6 is 15.9 Å². The molecule has 0 bridgehead atoms. The molecule has 42 heavy (non-hydrogen) atoms. The summed E-state index contributed by atoms with van der Waals surface area (Å²) in [4.78, 5) is 28.7. The number of sulfonamides is 1. The smallest absolute Gasteiger partial charge is 0.264 e. The average molecular weight is 661 g/mol. The van der Waals surface area contributed by atoms with Gasteiger partial charge in [0.2, 0.25) is 11.8 Å². The van der Waals surface area contributed by atoms with Crippen molar-refractivity contribution in [3.63, 3.8) is 0 Å².